The molecule has 0 bridgehead atoms. The highest BCUT2D eigenvalue weighted by atomic mass is 32.2. The number of hydrogen-bond acceptors (Lipinski definition) is 10. The summed E-state index contributed by atoms with van der Waals surface area (Å²) in [6.45, 7) is 2.56. The van der Waals surface area contributed by atoms with Crippen molar-refractivity contribution < 1.29 is 27.9 Å². The number of sulfonamides is 1. The maximum Gasteiger partial charge on any atom is 0.263 e. The van der Waals surface area contributed by atoms with Crippen LogP contribution in [0.4, 0.5) is 23.0 Å². The van der Waals surface area contributed by atoms with Gasteiger partial charge in [0.05, 0.1) is 29.6 Å². The van der Waals surface area contributed by atoms with Crippen LogP contribution in [-0.2, 0) is 19.6 Å². The topological polar surface area (TPSA) is 166 Å². The fourth-order valence-corrected chi connectivity index (χ4v) is 5.71. The lowest BCUT2D eigenvalue weighted by Gasteiger charge is -2.19. The van der Waals surface area contributed by atoms with E-state index in [0.717, 1.165) is 12.8 Å². The Morgan fingerprint density at radius 3 is 2.47 bits per heavy atom. The third-order valence-corrected chi connectivity index (χ3v) is 8.10. The first-order chi connectivity index (χ1) is 20.7. The van der Waals surface area contributed by atoms with Crippen LogP contribution in [0.1, 0.15) is 6.42 Å². The number of rotatable bonds is 10. The second kappa shape index (κ2) is 12.9. The van der Waals surface area contributed by atoms with E-state index in [2.05, 4.69) is 25.3 Å². The summed E-state index contributed by atoms with van der Waals surface area (Å²) in [5.74, 6) is 0.0628. The first-order valence-corrected chi connectivity index (χ1v) is 15.0. The minimum Gasteiger partial charge on any atom is -0.508 e. The van der Waals surface area contributed by atoms with Crippen LogP contribution in [0, 0.1) is 0 Å². The van der Waals surface area contributed by atoms with Crippen LogP contribution in [0.25, 0.3) is 11.0 Å². The van der Waals surface area contributed by atoms with E-state index >= 15 is 0 Å². The van der Waals surface area contributed by atoms with Gasteiger partial charge in [-0.1, -0.05) is 18.2 Å². The Morgan fingerprint density at radius 2 is 1.72 bits per heavy atom. The van der Waals surface area contributed by atoms with Crippen LogP contribution in [0.3, 0.4) is 0 Å². The lowest BCUT2D eigenvalue weighted by molar-refractivity contribution is -0.118. The predicted molar refractivity (Wildman–Crippen MR) is 162 cm³/mol. The van der Waals surface area contributed by atoms with E-state index < -0.39 is 10.0 Å². The van der Waals surface area contributed by atoms with Gasteiger partial charge in [-0.2, -0.15) is 0 Å². The number of amides is 2. The minimum atomic E-state index is -4.18. The number of nitrogens with zero attached hydrogens (tertiary/aromatic N) is 4. The summed E-state index contributed by atoms with van der Waals surface area (Å²) >= 11 is 0. The average molecular weight is 606 g/mol. The summed E-state index contributed by atoms with van der Waals surface area (Å²) < 4.78 is 34.8. The number of ether oxygens (including phenoxy) is 1. The molecule has 1 fully saturated rings. The lowest BCUT2D eigenvalue weighted by Crippen LogP contribution is -2.36. The zero-order valence-electron chi connectivity index (χ0n) is 23.4. The van der Waals surface area contributed by atoms with Crippen molar-refractivity contribution >= 4 is 56.4 Å². The molecule has 3 aromatic carbocycles. The Morgan fingerprint density at radius 1 is 0.953 bits per heavy atom. The summed E-state index contributed by atoms with van der Waals surface area (Å²) in [6.07, 6.45) is 1.58. The summed E-state index contributed by atoms with van der Waals surface area (Å²) in [7, 11) is -2.72. The Kier molecular flexibility index (Phi) is 8.87. The van der Waals surface area contributed by atoms with Gasteiger partial charge in [-0.15, -0.1) is 0 Å². The van der Waals surface area contributed by atoms with E-state index in [4.69, 9.17) is 4.74 Å². The second-order valence-corrected chi connectivity index (χ2v) is 11.6. The summed E-state index contributed by atoms with van der Waals surface area (Å²) in [6, 6.07) is 17.4. The number of nitrogens with one attached hydrogen (secondary N) is 3. The van der Waals surface area contributed by atoms with E-state index in [-0.39, 0.29) is 34.7 Å². The Balaban J connectivity index is 1.36. The molecule has 0 saturated carbocycles. The van der Waals surface area contributed by atoms with Crippen molar-refractivity contribution in [2.24, 2.45) is 0 Å². The van der Waals surface area contributed by atoms with Crippen molar-refractivity contribution in [2.45, 2.75) is 11.3 Å². The van der Waals surface area contributed by atoms with Gasteiger partial charge in [0.15, 0.2) is 11.6 Å². The average Bonchev–Trinajstić information content (AvgIpc) is 3.22. The SMILES string of the molecule is COc1cc(O)cc(Nc2nc3ccccc3nc2NS(=O)(=O)c2cccc(NC(=O)CN3CCCN(C=O)CC3)c2)c1. The summed E-state index contributed by atoms with van der Waals surface area (Å²) in [4.78, 5) is 36.4. The van der Waals surface area contributed by atoms with Crippen molar-refractivity contribution in [1.29, 1.82) is 0 Å². The van der Waals surface area contributed by atoms with Crippen molar-refractivity contribution in [1.82, 2.24) is 19.8 Å². The quantitative estimate of drug-likeness (QED) is 0.197. The molecule has 0 unspecified atom stereocenters. The molecule has 1 aliphatic heterocycles. The molecule has 2 heterocycles. The molecule has 4 N–H and O–H groups in total. The number of hydrogen-bond donors (Lipinski definition) is 4. The van der Waals surface area contributed by atoms with Crippen LogP contribution in [0.15, 0.2) is 71.6 Å². The van der Waals surface area contributed by atoms with Gasteiger partial charge in [-0.25, -0.2) is 18.4 Å². The Bertz CT molecular complexity index is 1750. The van der Waals surface area contributed by atoms with Gasteiger partial charge in [-0.3, -0.25) is 19.2 Å². The highest BCUT2D eigenvalue weighted by molar-refractivity contribution is 7.92. The summed E-state index contributed by atoms with van der Waals surface area (Å²) in [5.41, 5.74) is 1.69. The first kappa shape index (κ1) is 29.5. The van der Waals surface area contributed by atoms with Gasteiger partial charge >= 0.3 is 0 Å². The number of phenols is 1. The van der Waals surface area contributed by atoms with Crippen molar-refractivity contribution in [2.75, 3.05) is 55.2 Å². The number of phenolic OH excluding ortho intramolecular Hbond substituents is 1. The normalized spacial score (nSPS) is 14.1. The van der Waals surface area contributed by atoms with E-state index in [9.17, 15) is 23.1 Å². The highest BCUT2D eigenvalue weighted by Crippen LogP contribution is 2.31. The molecule has 0 aliphatic carbocycles. The fourth-order valence-electron chi connectivity index (χ4n) is 4.65. The maximum atomic E-state index is 13.5. The number of anilines is 4. The highest BCUT2D eigenvalue weighted by Gasteiger charge is 2.21. The van der Waals surface area contributed by atoms with Gasteiger partial charge < -0.3 is 25.4 Å². The largest absolute Gasteiger partial charge is 0.508 e. The molecule has 1 aliphatic rings. The third-order valence-electron chi connectivity index (χ3n) is 6.76. The molecule has 1 aromatic heterocycles. The van der Waals surface area contributed by atoms with Crippen LogP contribution < -0.4 is 20.1 Å². The number of benzene rings is 3. The molecule has 0 spiro atoms. The van der Waals surface area contributed by atoms with E-state index in [0.29, 0.717) is 54.3 Å². The predicted octanol–water partition coefficient (Wildman–Crippen LogP) is 2.99. The molecule has 14 heteroatoms. The van der Waals surface area contributed by atoms with Gasteiger partial charge in [0, 0.05) is 55.8 Å². The molecule has 1 saturated heterocycles. The molecule has 224 valence electrons. The number of carbonyl (C=O) groups excluding carboxylic acids is 2. The fraction of sp³-hybridized carbons (Fsp3) is 0.241. The Hall–Kier alpha value is -4.95. The monoisotopic (exact) mass is 605 g/mol. The van der Waals surface area contributed by atoms with E-state index in [1.165, 1.54) is 37.4 Å². The number of fused-ring (bicyclic) bond motifs is 1. The first-order valence-electron chi connectivity index (χ1n) is 13.5. The van der Waals surface area contributed by atoms with Gasteiger partial charge in [0.1, 0.15) is 11.5 Å². The van der Waals surface area contributed by atoms with E-state index in [1.54, 1.807) is 41.3 Å². The van der Waals surface area contributed by atoms with Crippen LogP contribution in [-0.4, -0.2) is 85.4 Å². The van der Waals surface area contributed by atoms with Gasteiger partial charge in [-0.05, 0) is 36.8 Å². The molecule has 4 aromatic rings. The number of methoxy groups -OCH3 is 1. The standard InChI is InChI=1S/C29H31N7O6S/c1-42-23-15-21(14-22(38)17-23)31-28-29(33-26-9-3-2-8-25(26)32-28)34-43(40,41)24-7-4-6-20(16-24)30-27(39)18-35-10-5-11-36(19-37)13-12-35/h2-4,6-9,14-17,19,38H,5,10-13,18H2,1H3,(H,30,39)(H,31,32)(H,33,34). The zero-order chi connectivity index (χ0) is 30.4. The van der Waals surface area contributed by atoms with E-state index in [1.807, 2.05) is 4.90 Å². The van der Waals surface area contributed by atoms with Crippen molar-refractivity contribution in [3.63, 3.8) is 0 Å². The molecular formula is C29H31N7O6S. The third kappa shape index (κ3) is 7.47. The van der Waals surface area contributed by atoms with Gasteiger partial charge in [0.2, 0.25) is 12.3 Å². The molecule has 43 heavy (non-hydrogen) atoms. The molecule has 13 nitrogen and oxygen atoms in total. The van der Waals surface area contributed by atoms with Crippen LogP contribution in [0.5, 0.6) is 11.5 Å². The molecule has 2 amide bonds. The van der Waals surface area contributed by atoms with Crippen LogP contribution >= 0.6 is 0 Å². The summed E-state index contributed by atoms with van der Waals surface area (Å²) in [5, 5.41) is 15.9. The number of carbonyl (C=O) groups is 2. The van der Waals surface area contributed by atoms with Crippen molar-refractivity contribution in [3.05, 3.63) is 66.7 Å². The lowest BCUT2D eigenvalue weighted by atomic mass is 10.2. The van der Waals surface area contributed by atoms with Crippen LogP contribution in [0.2, 0.25) is 0 Å². The van der Waals surface area contributed by atoms with Crippen molar-refractivity contribution in [3.8, 4) is 11.5 Å². The number of para-hydroxylation sites is 2. The molecule has 5 rings (SSSR count). The molecule has 0 atom stereocenters. The van der Waals surface area contributed by atoms with Gasteiger partial charge in [0.25, 0.3) is 10.0 Å². The second-order valence-electron chi connectivity index (χ2n) is 9.91. The minimum absolute atomic E-state index is 0.0598. The zero-order valence-corrected chi connectivity index (χ0v) is 24.2. The Labute approximate surface area is 248 Å². The molecular weight excluding hydrogens is 574 g/mol. The number of aromatic nitrogens is 2. The smallest absolute Gasteiger partial charge is 0.263 e. The number of aromatic hydroxyl groups is 1. The maximum absolute atomic E-state index is 13.5. The molecule has 0 radical (unpaired) electrons.